The normalized spacial score (nSPS) is 12.6. The number of rotatable bonds is 5. The van der Waals surface area contributed by atoms with Crippen LogP contribution in [0.2, 0.25) is 0 Å². The Labute approximate surface area is 117 Å². The average Bonchev–Trinajstić information content (AvgIpc) is 2.69. The summed E-state index contributed by atoms with van der Waals surface area (Å²) >= 11 is 1.68. The van der Waals surface area contributed by atoms with Gasteiger partial charge in [-0.25, -0.2) is 9.37 Å². The predicted octanol–water partition coefficient (Wildman–Crippen LogP) is 3.99. The van der Waals surface area contributed by atoms with Crippen LogP contribution in [0.1, 0.15) is 40.5 Å². The Kier molecular flexibility index (Phi) is 4.66. The molecule has 0 aliphatic heterocycles. The van der Waals surface area contributed by atoms with Crippen molar-refractivity contribution in [2.24, 2.45) is 0 Å². The molecule has 0 aliphatic rings. The second-order valence-corrected chi connectivity index (χ2v) is 5.86. The van der Waals surface area contributed by atoms with Crippen LogP contribution in [-0.2, 0) is 0 Å². The molecule has 0 fully saturated rings. The lowest BCUT2D eigenvalue weighted by atomic mass is 10.0. The molecule has 0 radical (unpaired) electrons. The second kappa shape index (κ2) is 6.26. The molecule has 0 saturated heterocycles. The summed E-state index contributed by atoms with van der Waals surface area (Å²) in [7, 11) is 0. The molecule has 1 N–H and O–H groups in total. The fourth-order valence-corrected chi connectivity index (χ4v) is 3.18. The molecular weight excluding hydrogens is 259 g/mol. The van der Waals surface area contributed by atoms with Gasteiger partial charge < -0.3 is 5.32 Å². The number of nitrogens with one attached hydrogen (secondary N) is 1. The Hall–Kier alpha value is -1.26. The number of benzene rings is 1. The number of thiazole rings is 1. The van der Waals surface area contributed by atoms with E-state index in [0.29, 0.717) is 0 Å². The molecule has 0 aliphatic carbocycles. The molecule has 1 aromatic heterocycles. The SMILES string of the molecule is CCCNC(c1cccc(F)c1)c1sc(C)nc1C. The summed E-state index contributed by atoms with van der Waals surface area (Å²) in [6.07, 6.45) is 1.04. The molecule has 19 heavy (non-hydrogen) atoms. The van der Waals surface area contributed by atoms with Gasteiger partial charge in [0.25, 0.3) is 0 Å². The fourth-order valence-electron chi connectivity index (χ4n) is 2.15. The van der Waals surface area contributed by atoms with Crippen molar-refractivity contribution in [1.29, 1.82) is 0 Å². The number of hydrogen-bond donors (Lipinski definition) is 1. The van der Waals surface area contributed by atoms with Crippen molar-refractivity contribution in [1.82, 2.24) is 10.3 Å². The molecule has 2 rings (SSSR count). The molecule has 1 unspecified atom stereocenters. The molecule has 4 heteroatoms. The van der Waals surface area contributed by atoms with Crippen LogP contribution in [0.3, 0.4) is 0 Å². The molecule has 102 valence electrons. The third-order valence-corrected chi connectivity index (χ3v) is 4.12. The summed E-state index contributed by atoms with van der Waals surface area (Å²) in [6, 6.07) is 6.83. The minimum atomic E-state index is -0.195. The van der Waals surface area contributed by atoms with Crippen LogP contribution in [0.15, 0.2) is 24.3 Å². The van der Waals surface area contributed by atoms with Gasteiger partial charge in [0, 0.05) is 4.88 Å². The molecule has 2 nitrogen and oxygen atoms in total. The van der Waals surface area contributed by atoms with Gasteiger partial charge in [0.05, 0.1) is 16.7 Å². The van der Waals surface area contributed by atoms with Crippen molar-refractivity contribution in [2.75, 3.05) is 6.54 Å². The van der Waals surface area contributed by atoms with Gasteiger partial charge in [-0.05, 0) is 44.5 Å². The third kappa shape index (κ3) is 3.39. The van der Waals surface area contributed by atoms with Gasteiger partial charge in [0.15, 0.2) is 0 Å². The van der Waals surface area contributed by atoms with Gasteiger partial charge in [0.2, 0.25) is 0 Å². The molecule has 2 aromatic rings. The van der Waals surface area contributed by atoms with E-state index in [-0.39, 0.29) is 11.9 Å². The van der Waals surface area contributed by atoms with Crippen LogP contribution in [0.5, 0.6) is 0 Å². The maximum Gasteiger partial charge on any atom is 0.123 e. The molecule has 0 amide bonds. The number of aryl methyl sites for hydroxylation is 2. The van der Waals surface area contributed by atoms with Crippen LogP contribution >= 0.6 is 11.3 Å². The van der Waals surface area contributed by atoms with E-state index in [4.69, 9.17) is 0 Å². The monoisotopic (exact) mass is 278 g/mol. The van der Waals surface area contributed by atoms with Gasteiger partial charge in [-0.2, -0.15) is 0 Å². The lowest BCUT2D eigenvalue weighted by Gasteiger charge is -2.18. The highest BCUT2D eigenvalue weighted by Gasteiger charge is 2.19. The number of hydrogen-bond acceptors (Lipinski definition) is 3. The van der Waals surface area contributed by atoms with Crippen molar-refractivity contribution in [3.05, 3.63) is 51.2 Å². The first-order valence-corrected chi connectivity index (χ1v) is 7.36. The van der Waals surface area contributed by atoms with Crippen molar-refractivity contribution in [2.45, 2.75) is 33.2 Å². The van der Waals surface area contributed by atoms with E-state index >= 15 is 0 Å². The molecule has 0 bridgehead atoms. The highest BCUT2D eigenvalue weighted by atomic mass is 32.1. The zero-order valence-corrected chi connectivity index (χ0v) is 12.4. The Balaban J connectivity index is 2.38. The average molecular weight is 278 g/mol. The highest BCUT2D eigenvalue weighted by molar-refractivity contribution is 7.11. The molecule has 1 aromatic carbocycles. The molecule has 0 spiro atoms. The summed E-state index contributed by atoms with van der Waals surface area (Å²) in [4.78, 5) is 5.65. The first-order chi connectivity index (χ1) is 9.11. The molecule has 0 saturated carbocycles. The number of nitrogens with zero attached hydrogens (tertiary/aromatic N) is 1. The lowest BCUT2D eigenvalue weighted by Crippen LogP contribution is -2.23. The standard InChI is InChI=1S/C15H19FN2S/c1-4-8-17-14(12-6-5-7-13(16)9-12)15-10(2)18-11(3)19-15/h5-7,9,14,17H,4,8H2,1-3H3. The van der Waals surface area contributed by atoms with Crippen LogP contribution in [0.4, 0.5) is 4.39 Å². The topological polar surface area (TPSA) is 24.9 Å². The largest absolute Gasteiger partial charge is 0.306 e. The quantitative estimate of drug-likeness (QED) is 0.894. The van der Waals surface area contributed by atoms with E-state index in [1.54, 1.807) is 23.5 Å². The molecular formula is C15H19FN2S. The Bertz CT molecular complexity index is 551. The highest BCUT2D eigenvalue weighted by Crippen LogP contribution is 2.30. The van der Waals surface area contributed by atoms with E-state index in [9.17, 15) is 4.39 Å². The van der Waals surface area contributed by atoms with E-state index in [0.717, 1.165) is 29.2 Å². The number of aromatic nitrogens is 1. The first kappa shape index (κ1) is 14.2. The molecule has 1 atom stereocenters. The van der Waals surface area contributed by atoms with E-state index < -0.39 is 0 Å². The van der Waals surface area contributed by atoms with Crippen LogP contribution in [-0.4, -0.2) is 11.5 Å². The first-order valence-electron chi connectivity index (χ1n) is 6.54. The van der Waals surface area contributed by atoms with E-state index in [1.165, 1.54) is 10.9 Å². The van der Waals surface area contributed by atoms with Gasteiger partial charge in [-0.3, -0.25) is 0 Å². The van der Waals surface area contributed by atoms with Gasteiger partial charge >= 0.3 is 0 Å². The predicted molar refractivity (Wildman–Crippen MR) is 78.1 cm³/mol. The smallest absolute Gasteiger partial charge is 0.123 e. The summed E-state index contributed by atoms with van der Waals surface area (Å²) in [6.45, 7) is 7.04. The van der Waals surface area contributed by atoms with Crippen molar-refractivity contribution >= 4 is 11.3 Å². The maximum absolute atomic E-state index is 13.4. The van der Waals surface area contributed by atoms with Crippen LogP contribution < -0.4 is 5.32 Å². The zero-order chi connectivity index (χ0) is 13.8. The fraction of sp³-hybridized carbons (Fsp3) is 0.400. The maximum atomic E-state index is 13.4. The van der Waals surface area contributed by atoms with Gasteiger partial charge in [-0.1, -0.05) is 19.1 Å². The van der Waals surface area contributed by atoms with E-state index in [1.807, 2.05) is 19.9 Å². The van der Waals surface area contributed by atoms with E-state index in [2.05, 4.69) is 17.2 Å². The summed E-state index contributed by atoms with van der Waals surface area (Å²) in [5.41, 5.74) is 1.99. The number of halogens is 1. The van der Waals surface area contributed by atoms with Crippen molar-refractivity contribution in [3.8, 4) is 0 Å². The van der Waals surface area contributed by atoms with Crippen LogP contribution in [0.25, 0.3) is 0 Å². The zero-order valence-electron chi connectivity index (χ0n) is 11.5. The minimum Gasteiger partial charge on any atom is -0.306 e. The molecule has 1 heterocycles. The minimum absolute atomic E-state index is 0.0295. The van der Waals surface area contributed by atoms with Crippen molar-refractivity contribution < 1.29 is 4.39 Å². The Morgan fingerprint density at radius 2 is 2.16 bits per heavy atom. The second-order valence-electron chi connectivity index (χ2n) is 4.62. The third-order valence-electron chi connectivity index (χ3n) is 2.98. The van der Waals surface area contributed by atoms with Crippen LogP contribution in [0, 0.1) is 19.7 Å². The van der Waals surface area contributed by atoms with Gasteiger partial charge in [-0.15, -0.1) is 11.3 Å². The lowest BCUT2D eigenvalue weighted by molar-refractivity contribution is 0.588. The summed E-state index contributed by atoms with van der Waals surface area (Å²) in [5.74, 6) is -0.195. The Morgan fingerprint density at radius 3 is 2.74 bits per heavy atom. The van der Waals surface area contributed by atoms with Crippen molar-refractivity contribution in [3.63, 3.8) is 0 Å². The summed E-state index contributed by atoms with van der Waals surface area (Å²) < 4.78 is 13.4. The summed E-state index contributed by atoms with van der Waals surface area (Å²) in [5, 5.41) is 4.54. The van der Waals surface area contributed by atoms with Gasteiger partial charge in [0.1, 0.15) is 5.82 Å². The Morgan fingerprint density at radius 1 is 1.37 bits per heavy atom.